The fourth-order valence-corrected chi connectivity index (χ4v) is 3.62. The lowest BCUT2D eigenvalue weighted by Gasteiger charge is -2.11. The third-order valence-electron chi connectivity index (χ3n) is 4.21. The number of rotatable bonds is 6. The minimum Gasteiger partial charge on any atom is -0.477 e. The van der Waals surface area contributed by atoms with E-state index >= 15 is 0 Å². The Labute approximate surface area is 159 Å². The number of fused-ring (bicyclic) bond motifs is 1. The zero-order valence-corrected chi connectivity index (χ0v) is 15.8. The molecule has 5 nitrogen and oxygen atoms in total. The van der Waals surface area contributed by atoms with Gasteiger partial charge in [0, 0.05) is 17.0 Å². The van der Waals surface area contributed by atoms with Crippen molar-refractivity contribution in [1.29, 1.82) is 0 Å². The molecular formula is C20H19FN2O3S. The van der Waals surface area contributed by atoms with Gasteiger partial charge in [0.2, 0.25) is 5.43 Å². The van der Waals surface area contributed by atoms with E-state index in [1.54, 1.807) is 29.5 Å². The summed E-state index contributed by atoms with van der Waals surface area (Å²) in [6.07, 6.45) is 4.97. The molecule has 3 rings (SSSR count). The van der Waals surface area contributed by atoms with E-state index in [2.05, 4.69) is 18.8 Å². The molecule has 0 saturated heterocycles. The van der Waals surface area contributed by atoms with Crippen LogP contribution in [0.3, 0.4) is 0 Å². The van der Waals surface area contributed by atoms with Crippen LogP contribution < -0.4 is 5.43 Å². The van der Waals surface area contributed by atoms with Crippen LogP contribution in [0.15, 0.2) is 34.6 Å². The molecule has 2 heterocycles. The number of benzene rings is 1. The lowest BCUT2D eigenvalue weighted by Crippen LogP contribution is -2.19. The average Bonchev–Trinajstić information content (AvgIpc) is 3.11. The molecule has 1 N–H and O–H groups in total. The van der Waals surface area contributed by atoms with Gasteiger partial charge in [-0.25, -0.2) is 14.2 Å². The van der Waals surface area contributed by atoms with Crippen molar-refractivity contribution < 1.29 is 14.3 Å². The molecule has 27 heavy (non-hydrogen) atoms. The van der Waals surface area contributed by atoms with Gasteiger partial charge in [0.25, 0.3) is 0 Å². The van der Waals surface area contributed by atoms with Crippen molar-refractivity contribution in [2.75, 3.05) is 6.67 Å². The molecular weight excluding hydrogens is 367 g/mol. The number of aromatic nitrogens is 2. The molecule has 0 amide bonds. The third-order valence-corrected chi connectivity index (χ3v) is 5.04. The van der Waals surface area contributed by atoms with E-state index in [9.17, 15) is 19.1 Å². The van der Waals surface area contributed by atoms with Gasteiger partial charge in [-0.05, 0) is 29.7 Å². The monoisotopic (exact) mass is 386 g/mol. The molecule has 0 bridgehead atoms. The van der Waals surface area contributed by atoms with Crippen LogP contribution in [0.4, 0.5) is 4.39 Å². The number of carboxylic acid groups (broad SMARTS) is 1. The summed E-state index contributed by atoms with van der Waals surface area (Å²) in [5, 5.41) is 12.4. The number of aromatic carboxylic acids is 1. The molecule has 7 heteroatoms. The summed E-state index contributed by atoms with van der Waals surface area (Å²) in [5.41, 5.74) is 1.44. The Bertz CT molecular complexity index is 1080. The maximum atomic E-state index is 12.9. The lowest BCUT2D eigenvalue weighted by molar-refractivity contribution is 0.0694. The normalized spacial score (nSPS) is 11.7. The number of pyridine rings is 1. The highest BCUT2D eigenvalue weighted by Crippen LogP contribution is 2.21. The predicted octanol–water partition coefficient (Wildman–Crippen LogP) is 4.42. The second-order valence-electron chi connectivity index (χ2n) is 6.43. The summed E-state index contributed by atoms with van der Waals surface area (Å²) < 4.78 is 14.4. The third kappa shape index (κ3) is 3.98. The van der Waals surface area contributed by atoms with Gasteiger partial charge < -0.3 is 9.67 Å². The molecule has 3 aromatic rings. The zero-order chi connectivity index (χ0) is 19.6. The van der Waals surface area contributed by atoms with Gasteiger partial charge in [0.15, 0.2) is 0 Å². The Hall–Kier alpha value is -2.80. The highest BCUT2D eigenvalue weighted by molar-refractivity contribution is 7.10. The van der Waals surface area contributed by atoms with Crippen LogP contribution in [0.5, 0.6) is 0 Å². The first kappa shape index (κ1) is 19.0. The van der Waals surface area contributed by atoms with Gasteiger partial charge in [-0.2, -0.15) is 0 Å². The Morgan fingerprint density at radius 2 is 2.15 bits per heavy atom. The highest BCUT2D eigenvalue weighted by Gasteiger charge is 2.14. The molecule has 0 aliphatic heterocycles. The second-order valence-corrected chi connectivity index (χ2v) is 7.32. The minimum atomic E-state index is -1.32. The molecule has 0 spiro atoms. The Kier molecular flexibility index (Phi) is 5.51. The molecule has 0 aliphatic carbocycles. The molecule has 0 saturated carbocycles. The van der Waals surface area contributed by atoms with E-state index in [0.29, 0.717) is 11.4 Å². The number of halogens is 1. The van der Waals surface area contributed by atoms with E-state index in [1.807, 2.05) is 17.5 Å². The number of hydrogen-bond donors (Lipinski definition) is 1. The summed E-state index contributed by atoms with van der Waals surface area (Å²) in [5.74, 6) is -0.953. The van der Waals surface area contributed by atoms with Crippen LogP contribution in [0, 0.1) is 0 Å². The van der Waals surface area contributed by atoms with E-state index < -0.39 is 18.1 Å². The van der Waals surface area contributed by atoms with Crippen LogP contribution in [0.2, 0.25) is 0 Å². The van der Waals surface area contributed by atoms with E-state index in [0.717, 1.165) is 16.3 Å². The van der Waals surface area contributed by atoms with Crippen LogP contribution in [-0.2, 0) is 6.54 Å². The SMILES string of the molecule is CC(C)c1csc(/C=C/c2ccc3c(=O)c(C(=O)O)cn(CCF)c3c2)n1. The molecule has 1 aromatic carbocycles. The summed E-state index contributed by atoms with van der Waals surface area (Å²) in [6, 6.07) is 5.08. The average molecular weight is 386 g/mol. The van der Waals surface area contributed by atoms with E-state index in [4.69, 9.17) is 0 Å². The fraction of sp³-hybridized carbons (Fsp3) is 0.250. The van der Waals surface area contributed by atoms with Gasteiger partial charge in [0.1, 0.15) is 17.2 Å². The van der Waals surface area contributed by atoms with Crippen molar-refractivity contribution in [1.82, 2.24) is 9.55 Å². The number of aryl methyl sites for hydroxylation is 1. The topological polar surface area (TPSA) is 72.2 Å². The first-order chi connectivity index (χ1) is 12.9. The largest absolute Gasteiger partial charge is 0.477 e. The molecule has 0 aliphatic rings. The first-order valence-electron chi connectivity index (χ1n) is 8.50. The second kappa shape index (κ2) is 7.84. The van der Waals surface area contributed by atoms with Crippen molar-refractivity contribution in [2.45, 2.75) is 26.3 Å². The maximum Gasteiger partial charge on any atom is 0.341 e. The van der Waals surface area contributed by atoms with Gasteiger partial charge in [0.05, 0.1) is 17.8 Å². The quantitative estimate of drug-likeness (QED) is 0.681. The Morgan fingerprint density at radius 1 is 1.37 bits per heavy atom. The van der Waals surface area contributed by atoms with Crippen LogP contribution in [0.1, 0.15) is 46.4 Å². The van der Waals surface area contributed by atoms with Gasteiger partial charge in [-0.15, -0.1) is 11.3 Å². The fourth-order valence-electron chi connectivity index (χ4n) is 2.75. The summed E-state index contributed by atoms with van der Waals surface area (Å²) in [7, 11) is 0. The Morgan fingerprint density at radius 3 is 2.78 bits per heavy atom. The number of carbonyl (C=O) groups is 1. The number of nitrogens with zero attached hydrogens (tertiary/aromatic N) is 2. The number of hydrogen-bond acceptors (Lipinski definition) is 4. The number of carboxylic acids is 1. The predicted molar refractivity (Wildman–Crippen MR) is 106 cm³/mol. The Balaban J connectivity index is 2.04. The van der Waals surface area contributed by atoms with Crippen molar-refractivity contribution in [3.63, 3.8) is 0 Å². The van der Waals surface area contributed by atoms with E-state index in [1.165, 1.54) is 10.8 Å². The smallest absolute Gasteiger partial charge is 0.341 e. The summed E-state index contributed by atoms with van der Waals surface area (Å²) >= 11 is 1.55. The molecule has 140 valence electrons. The number of thiazole rings is 1. The van der Waals surface area contributed by atoms with Crippen LogP contribution in [-0.4, -0.2) is 27.3 Å². The molecule has 0 radical (unpaired) electrons. The first-order valence-corrected chi connectivity index (χ1v) is 9.38. The molecule has 2 aromatic heterocycles. The van der Waals surface area contributed by atoms with Crippen molar-refractivity contribution in [3.8, 4) is 0 Å². The molecule has 0 fully saturated rings. The van der Waals surface area contributed by atoms with E-state index in [-0.39, 0.29) is 17.5 Å². The zero-order valence-electron chi connectivity index (χ0n) is 15.0. The number of alkyl halides is 1. The van der Waals surface area contributed by atoms with Crippen molar-refractivity contribution >= 4 is 40.4 Å². The van der Waals surface area contributed by atoms with Crippen LogP contribution >= 0.6 is 11.3 Å². The lowest BCUT2D eigenvalue weighted by atomic mass is 10.1. The standard InChI is InChI=1S/C20H19FN2O3S/c1-12(2)16-11-27-18(22-16)6-4-13-3-5-14-17(9-13)23(8-7-21)10-15(19(14)24)20(25)26/h3-6,9-12H,7-8H2,1-2H3,(H,25,26)/b6-4+. The van der Waals surface area contributed by atoms with Crippen molar-refractivity contribution in [2.24, 2.45) is 0 Å². The highest BCUT2D eigenvalue weighted by atomic mass is 32.1. The van der Waals surface area contributed by atoms with Gasteiger partial charge >= 0.3 is 5.97 Å². The maximum absolute atomic E-state index is 12.9. The van der Waals surface area contributed by atoms with Gasteiger partial charge in [-0.1, -0.05) is 26.0 Å². The van der Waals surface area contributed by atoms with Gasteiger partial charge in [-0.3, -0.25) is 4.79 Å². The molecule has 0 unspecified atom stereocenters. The van der Waals surface area contributed by atoms with Crippen molar-refractivity contribution in [3.05, 3.63) is 61.8 Å². The summed E-state index contributed by atoms with van der Waals surface area (Å²) in [6.45, 7) is 3.49. The molecule has 0 atom stereocenters. The summed E-state index contributed by atoms with van der Waals surface area (Å²) in [4.78, 5) is 28.2. The minimum absolute atomic E-state index is 0.0194. The van der Waals surface area contributed by atoms with Crippen LogP contribution in [0.25, 0.3) is 23.1 Å².